The minimum Gasteiger partial charge on any atom is -0.361 e. The van der Waals surface area contributed by atoms with E-state index in [0.717, 1.165) is 18.4 Å². The van der Waals surface area contributed by atoms with Gasteiger partial charge in [0.1, 0.15) is 0 Å². The van der Waals surface area contributed by atoms with E-state index in [-0.39, 0.29) is 6.04 Å². The first kappa shape index (κ1) is 12.6. The summed E-state index contributed by atoms with van der Waals surface area (Å²) in [6.45, 7) is 1.85. The molecule has 2 amide bonds. The van der Waals surface area contributed by atoms with Crippen molar-refractivity contribution in [2.24, 2.45) is 5.73 Å². The number of primary amides is 1. The Labute approximate surface area is 107 Å². The van der Waals surface area contributed by atoms with Crippen LogP contribution in [0.3, 0.4) is 0 Å². The van der Waals surface area contributed by atoms with Crippen molar-refractivity contribution >= 4 is 11.8 Å². The van der Waals surface area contributed by atoms with Crippen molar-refractivity contribution in [2.75, 3.05) is 0 Å². The average Bonchev–Trinajstić information content (AvgIpc) is 2.37. The van der Waals surface area contributed by atoms with Crippen molar-refractivity contribution in [3.05, 3.63) is 34.9 Å². The standard InChI is InChI=1S/C14H18N2O2/c1-9(16-14(18)13(15)17)11-7-6-10-4-2-3-5-12(10)8-11/h6-9H,2-5H2,1H3,(H2,15,17)(H,16,18). The van der Waals surface area contributed by atoms with Gasteiger partial charge in [0.15, 0.2) is 0 Å². The molecule has 1 aromatic carbocycles. The fourth-order valence-electron chi connectivity index (χ4n) is 2.37. The summed E-state index contributed by atoms with van der Waals surface area (Å²) in [6, 6.07) is 6.06. The Morgan fingerprint density at radius 2 is 1.89 bits per heavy atom. The van der Waals surface area contributed by atoms with Gasteiger partial charge in [-0.2, -0.15) is 0 Å². The van der Waals surface area contributed by atoms with E-state index in [0.29, 0.717) is 0 Å². The Hall–Kier alpha value is -1.84. The van der Waals surface area contributed by atoms with Crippen LogP contribution in [0.1, 0.15) is 42.5 Å². The highest BCUT2D eigenvalue weighted by Gasteiger charge is 2.16. The van der Waals surface area contributed by atoms with Gasteiger partial charge in [0.2, 0.25) is 0 Å². The number of nitrogens with one attached hydrogen (secondary N) is 1. The molecule has 18 heavy (non-hydrogen) atoms. The third-order valence-corrected chi connectivity index (χ3v) is 3.44. The van der Waals surface area contributed by atoms with Gasteiger partial charge in [0.25, 0.3) is 0 Å². The molecule has 0 heterocycles. The van der Waals surface area contributed by atoms with Gasteiger partial charge in [-0.1, -0.05) is 18.2 Å². The third kappa shape index (κ3) is 2.70. The van der Waals surface area contributed by atoms with E-state index in [2.05, 4.69) is 17.4 Å². The molecule has 0 aliphatic heterocycles. The van der Waals surface area contributed by atoms with Gasteiger partial charge in [-0.05, 0) is 49.3 Å². The molecule has 0 saturated carbocycles. The zero-order chi connectivity index (χ0) is 13.1. The van der Waals surface area contributed by atoms with Gasteiger partial charge in [-0.3, -0.25) is 9.59 Å². The zero-order valence-electron chi connectivity index (χ0n) is 10.5. The molecular formula is C14H18N2O2. The quantitative estimate of drug-likeness (QED) is 0.770. The Bertz CT molecular complexity index is 483. The maximum absolute atomic E-state index is 11.2. The molecule has 96 valence electrons. The van der Waals surface area contributed by atoms with E-state index in [9.17, 15) is 9.59 Å². The SMILES string of the molecule is CC(NC(=O)C(N)=O)c1ccc2c(c1)CCCC2. The zero-order valence-corrected chi connectivity index (χ0v) is 10.5. The van der Waals surface area contributed by atoms with Crippen LogP contribution in [-0.4, -0.2) is 11.8 Å². The van der Waals surface area contributed by atoms with Crippen LogP contribution < -0.4 is 11.1 Å². The van der Waals surface area contributed by atoms with Crippen LogP contribution in [-0.2, 0) is 22.4 Å². The minimum atomic E-state index is -0.945. The summed E-state index contributed by atoms with van der Waals surface area (Å²) in [5.74, 6) is -1.68. The van der Waals surface area contributed by atoms with Crippen molar-refractivity contribution in [3.8, 4) is 0 Å². The second-order valence-electron chi connectivity index (χ2n) is 4.79. The molecule has 4 nitrogen and oxygen atoms in total. The summed E-state index contributed by atoms with van der Waals surface area (Å²) >= 11 is 0. The van der Waals surface area contributed by atoms with Crippen LogP contribution in [0.15, 0.2) is 18.2 Å². The monoisotopic (exact) mass is 246 g/mol. The highest BCUT2D eigenvalue weighted by Crippen LogP contribution is 2.24. The molecule has 0 fully saturated rings. The molecule has 1 aromatic rings. The van der Waals surface area contributed by atoms with Gasteiger partial charge in [0.05, 0.1) is 6.04 Å². The van der Waals surface area contributed by atoms with Crippen molar-refractivity contribution in [2.45, 2.75) is 38.6 Å². The molecule has 3 N–H and O–H groups in total. The molecule has 0 radical (unpaired) electrons. The van der Waals surface area contributed by atoms with Crippen LogP contribution >= 0.6 is 0 Å². The fraction of sp³-hybridized carbons (Fsp3) is 0.429. The summed E-state index contributed by atoms with van der Waals surface area (Å²) in [6.07, 6.45) is 4.70. The van der Waals surface area contributed by atoms with Crippen LogP contribution in [0.2, 0.25) is 0 Å². The molecule has 1 aliphatic rings. The number of nitrogens with two attached hydrogens (primary N) is 1. The second kappa shape index (κ2) is 5.21. The lowest BCUT2D eigenvalue weighted by Gasteiger charge is -2.19. The summed E-state index contributed by atoms with van der Waals surface area (Å²) in [5.41, 5.74) is 8.70. The lowest BCUT2D eigenvalue weighted by Crippen LogP contribution is -2.37. The Kier molecular flexibility index (Phi) is 3.65. The summed E-state index contributed by atoms with van der Waals surface area (Å²) in [4.78, 5) is 21.9. The maximum Gasteiger partial charge on any atom is 0.309 e. The third-order valence-electron chi connectivity index (χ3n) is 3.44. The van der Waals surface area contributed by atoms with E-state index in [1.165, 1.54) is 24.0 Å². The summed E-state index contributed by atoms with van der Waals surface area (Å²) in [5, 5.41) is 2.59. The van der Waals surface area contributed by atoms with Gasteiger partial charge in [-0.25, -0.2) is 0 Å². The Morgan fingerprint density at radius 1 is 1.22 bits per heavy atom. The molecule has 1 unspecified atom stereocenters. The van der Waals surface area contributed by atoms with Crippen molar-refractivity contribution in [3.63, 3.8) is 0 Å². The molecule has 0 aromatic heterocycles. The predicted molar refractivity (Wildman–Crippen MR) is 68.8 cm³/mol. The van der Waals surface area contributed by atoms with Crippen LogP contribution in [0, 0.1) is 0 Å². The number of aryl methyl sites for hydroxylation is 2. The van der Waals surface area contributed by atoms with Crippen LogP contribution in [0.4, 0.5) is 0 Å². The molecule has 1 atom stereocenters. The second-order valence-corrected chi connectivity index (χ2v) is 4.79. The topological polar surface area (TPSA) is 72.2 Å². The molecule has 0 saturated heterocycles. The smallest absolute Gasteiger partial charge is 0.309 e. The predicted octanol–water partition coefficient (Wildman–Crippen LogP) is 1.23. The summed E-state index contributed by atoms with van der Waals surface area (Å²) < 4.78 is 0. The number of fused-ring (bicyclic) bond motifs is 1. The first-order valence-electron chi connectivity index (χ1n) is 6.30. The highest BCUT2D eigenvalue weighted by atomic mass is 16.2. The number of hydrogen-bond acceptors (Lipinski definition) is 2. The first-order chi connectivity index (χ1) is 8.58. The number of carbonyl (C=O) groups is 2. The van der Waals surface area contributed by atoms with Gasteiger partial charge in [0, 0.05) is 0 Å². The molecule has 0 spiro atoms. The lowest BCUT2D eigenvalue weighted by molar-refractivity contribution is -0.137. The van der Waals surface area contributed by atoms with E-state index >= 15 is 0 Å². The summed E-state index contributed by atoms with van der Waals surface area (Å²) in [7, 11) is 0. The molecule has 0 bridgehead atoms. The molecule has 2 rings (SSSR count). The number of carbonyl (C=O) groups excluding carboxylic acids is 2. The van der Waals surface area contributed by atoms with Crippen LogP contribution in [0.5, 0.6) is 0 Å². The number of amides is 2. The van der Waals surface area contributed by atoms with Gasteiger partial charge < -0.3 is 11.1 Å². The van der Waals surface area contributed by atoms with E-state index < -0.39 is 11.8 Å². The first-order valence-corrected chi connectivity index (χ1v) is 6.30. The normalized spacial score (nSPS) is 15.6. The average molecular weight is 246 g/mol. The Balaban J connectivity index is 2.13. The number of rotatable bonds is 2. The van der Waals surface area contributed by atoms with Crippen molar-refractivity contribution in [1.82, 2.24) is 5.32 Å². The number of hydrogen-bond donors (Lipinski definition) is 2. The van der Waals surface area contributed by atoms with Crippen molar-refractivity contribution < 1.29 is 9.59 Å². The lowest BCUT2D eigenvalue weighted by atomic mass is 9.89. The number of benzene rings is 1. The fourth-order valence-corrected chi connectivity index (χ4v) is 2.37. The molecule has 4 heteroatoms. The largest absolute Gasteiger partial charge is 0.361 e. The van der Waals surface area contributed by atoms with Gasteiger partial charge in [-0.15, -0.1) is 0 Å². The van der Waals surface area contributed by atoms with Crippen LogP contribution in [0.25, 0.3) is 0 Å². The molecular weight excluding hydrogens is 228 g/mol. The Morgan fingerprint density at radius 3 is 2.56 bits per heavy atom. The van der Waals surface area contributed by atoms with E-state index in [1.54, 1.807) is 0 Å². The molecule has 1 aliphatic carbocycles. The maximum atomic E-state index is 11.2. The highest BCUT2D eigenvalue weighted by molar-refractivity contribution is 6.34. The van der Waals surface area contributed by atoms with E-state index in [1.807, 2.05) is 13.0 Å². The minimum absolute atomic E-state index is 0.197. The van der Waals surface area contributed by atoms with E-state index in [4.69, 9.17) is 5.73 Å². The van der Waals surface area contributed by atoms with Crippen molar-refractivity contribution in [1.29, 1.82) is 0 Å². The van der Waals surface area contributed by atoms with Gasteiger partial charge >= 0.3 is 11.8 Å².